The minimum atomic E-state index is -0.480. The molecule has 0 unspecified atom stereocenters. The number of esters is 1. The normalized spacial score (nSPS) is 10.2. The molecule has 2 rings (SSSR count). The first-order valence-corrected chi connectivity index (χ1v) is 6.30. The maximum Gasteiger partial charge on any atom is 0.337 e. The van der Waals surface area contributed by atoms with Crippen LogP contribution < -0.4 is 5.32 Å². The number of hydrogen-bond acceptors (Lipinski definition) is 3. The summed E-state index contributed by atoms with van der Waals surface area (Å²) in [5, 5.41) is 3.08. The van der Waals surface area contributed by atoms with Crippen molar-refractivity contribution in [2.24, 2.45) is 0 Å². The molecule has 1 aromatic carbocycles. The van der Waals surface area contributed by atoms with Crippen LogP contribution in [0.4, 0.5) is 5.69 Å². The molecule has 0 saturated carbocycles. The zero-order chi connectivity index (χ0) is 14.7. The summed E-state index contributed by atoms with van der Waals surface area (Å²) in [5.41, 5.74) is 1.02. The molecule has 20 heavy (non-hydrogen) atoms. The SMILES string of the molecule is COC(=O)c1cccc(NC(=O)c2cc(Cl)c(Cl)[nH]2)c1. The van der Waals surface area contributed by atoms with Gasteiger partial charge in [0.2, 0.25) is 0 Å². The first kappa shape index (κ1) is 14.4. The van der Waals surface area contributed by atoms with Crippen molar-refractivity contribution in [1.29, 1.82) is 0 Å². The van der Waals surface area contributed by atoms with Crippen molar-refractivity contribution in [2.75, 3.05) is 12.4 Å². The summed E-state index contributed by atoms with van der Waals surface area (Å²) in [5.74, 6) is -0.895. The van der Waals surface area contributed by atoms with Crippen LogP contribution in [0.3, 0.4) is 0 Å². The molecule has 0 atom stereocenters. The third-order valence-electron chi connectivity index (χ3n) is 2.51. The van der Waals surface area contributed by atoms with Crippen LogP contribution in [0, 0.1) is 0 Å². The Bertz CT molecular complexity index is 648. The van der Waals surface area contributed by atoms with Gasteiger partial charge in [-0.05, 0) is 24.3 Å². The number of aromatic nitrogens is 1. The number of carbonyl (C=O) groups is 2. The number of rotatable bonds is 3. The van der Waals surface area contributed by atoms with Gasteiger partial charge in [-0.3, -0.25) is 4.79 Å². The number of amides is 1. The van der Waals surface area contributed by atoms with Crippen molar-refractivity contribution in [2.45, 2.75) is 0 Å². The average Bonchev–Trinajstić information content (AvgIpc) is 2.78. The molecular formula is C13H10Cl2N2O3. The number of carbonyl (C=O) groups excluding carboxylic acids is 2. The van der Waals surface area contributed by atoms with E-state index in [9.17, 15) is 9.59 Å². The average molecular weight is 313 g/mol. The monoisotopic (exact) mass is 312 g/mol. The second-order valence-corrected chi connectivity index (χ2v) is 4.66. The summed E-state index contributed by atoms with van der Waals surface area (Å²) in [6.07, 6.45) is 0. The molecule has 1 amide bonds. The number of H-pyrrole nitrogens is 1. The number of ether oxygens (including phenoxy) is 1. The number of hydrogen-bond donors (Lipinski definition) is 2. The highest BCUT2D eigenvalue weighted by Gasteiger charge is 2.13. The zero-order valence-electron chi connectivity index (χ0n) is 10.4. The number of halogens is 2. The van der Waals surface area contributed by atoms with E-state index in [0.29, 0.717) is 11.3 Å². The summed E-state index contributed by atoms with van der Waals surface area (Å²) >= 11 is 11.5. The highest BCUT2D eigenvalue weighted by molar-refractivity contribution is 6.41. The van der Waals surface area contributed by atoms with Gasteiger partial charge in [-0.15, -0.1) is 0 Å². The van der Waals surface area contributed by atoms with Gasteiger partial charge in [-0.2, -0.15) is 0 Å². The Balaban J connectivity index is 2.17. The number of aromatic amines is 1. The molecule has 0 spiro atoms. The summed E-state index contributed by atoms with van der Waals surface area (Å²) in [6.45, 7) is 0. The van der Waals surface area contributed by atoms with Crippen LogP contribution in [0.2, 0.25) is 10.2 Å². The van der Waals surface area contributed by atoms with E-state index in [0.717, 1.165) is 0 Å². The van der Waals surface area contributed by atoms with Crippen molar-refractivity contribution in [3.05, 3.63) is 51.8 Å². The first-order valence-electron chi connectivity index (χ1n) is 5.55. The Morgan fingerprint density at radius 2 is 2.00 bits per heavy atom. The van der Waals surface area contributed by atoms with Gasteiger partial charge < -0.3 is 15.0 Å². The number of nitrogens with one attached hydrogen (secondary N) is 2. The second kappa shape index (κ2) is 5.98. The molecule has 5 nitrogen and oxygen atoms in total. The van der Waals surface area contributed by atoms with Crippen LogP contribution in [0.15, 0.2) is 30.3 Å². The Kier molecular flexibility index (Phi) is 4.32. The highest BCUT2D eigenvalue weighted by Crippen LogP contribution is 2.22. The van der Waals surface area contributed by atoms with Gasteiger partial charge in [0.05, 0.1) is 17.7 Å². The summed E-state index contributed by atoms with van der Waals surface area (Å²) in [6, 6.07) is 7.80. The minimum Gasteiger partial charge on any atom is -0.465 e. The molecule has 1 heterocycles. The van der Waals surface area contributed by atoms with E-state index < -0.39 is 11.9 Å². The fraction of sp³-hybridized carbons (Fsp3) is 0.0769. The predicted octanol–water partition coefficient (Wildman–Crippen LogP) is 3.36. The van der Waals surface area contributed by atoms with Crippen LogP contribution in [0.5, 0.6) is 0 Å². The standard InChI is InChI=1S/C13H10Cl2N2O3/c1-20-13(19)7-3-2-4-8(5-7)16-12(18)10-6-9(14)11(15)17-10/h2-6,17H,1H3,(H,16,18). The summed E-state index contributed by atoms with van der Waals surface area (Å²) in [7, 11) is 1.29. The van der Waals surface area contributed by atoms with Gasteiger partial charge in [0.15, 0.2) is 0 Å². The van der Waals surface area contributed by atoms with Crippen LogP contribution in [-0.4, -0.2) is 24.0 Å². The van der Waals surface area contributed by atoms with E-state index in [-0.39, 0.29) is 15.9 Å². The maximum absolute atomic E-state index is 12.0. The lowest BCUT2D eigenvalue weighted by Gasteiger charge is -2.05. The Hall–Kier alpha value is -1.98. The number of methoxy groups -OCH3 is 1. The van der Waals surface area contributed by atoms with Gasteiger partial charge in [-0.25, -0.2) is 4.79 Å². The lowest BCUT2D eigenvalue weighted by Crippen LogP contribution is -2.13. The van der Waals surface area contributed by atoms with E-state index in [4.69, 9.17) is 23.2 Å². The Morgan fingerprint density at radius 1 is 1.25 bits per heavy atom. The van der Waals surface area contributed by atoms with E-state index in [2.05, 4.69) is 15.0 Å². The van der Waals surface area contributed by atoms with E-state index in [1.165, 1.54) is 19.2 Å². The summed E-state index contributed by atoms with van der Waals surface area (Å²) in [4.78, 5) is 26.0. The highest BCUT2D eigenvalue weighted by atomic mass is 35.5. The molecule has 0 saturated heterocycles. The van der Waals surface area contributed by atoms with Crippen LogP contribution in [0.25, 0.3) is 0 Å². The summed E-state index contributed by atoms with van der Waals surface area (Å²) < 4.78 is 4.61. The van der Waals surface area contributed by atoms with E-state index in [1.807, 2.05) is 0 Å². The molecule has 2 N–H and O–H groups in total. The lowest BCUT2D eigenvalue weighted by atomic mass is 10.2. The zero-order valence-corrected chi connectivity index (χ0v) is 11.9. The number of anilines is 1. The van der Waals surface area contributed by atoms with Crippen molar-refractivity contribution in [3.63, 3.8) is 0 Å². The second-order valence-electron chi connectivity index (χ2n) is 3.87. The smallest absolute Gasteiger partial charge is 0.337 e. The molecule has 0 aliphatic rings. The first-order chi connectivity index (χ1) is 9.51. The van der Waals surface area contributed by atoms with Crippen LogP contribution in [-0.2, 0) is 4.74 Å². The van der Waals surface area contributed by atoms with Gasteiger partial charge in [0, 0.05) is 5.69 Å². The predicted molar refractivity (Wildman–Crippen MR) is 76.5 cm³/mol. The van der Waals surface area contributed by atoms with Crippen molar-refractivity contribution < 1.29 is 14.3 Å². The topological polar surface area (TPSA) is 71.2 Å². The Labute approximate surface area is 124 Å². The van der Waals surface area contributed by atoms with Gasteiger partial charge >= 0.3 is 5.97 Å². The van der Waals surface area contributed by atoms with Crippen LogP contribution >= 0.6 is 23.2 Å². The third-order valence-corrected chi connectivity index (χ3v) is 3.20. The molecule has 1 aromatic heterocycles. The fourth-order valence-corrected chi connectivity index (χ4v) is 1.88. The maximum atomic E-state index is 12.0. The molecule has 0 fully saturated rings. The largest absolute Gasteiger partial charge is 0.465 e. The molecule has 0 aliphatic carbocycles. The fourth-order valence-electron chi connectivity index (χ4n) is 1.57. The molecule has 104 valence electrons. The van der Waals surface area contributed by atoms with Crippen molar-refractivity contribution >= 4 is 40.8 Å². The Morgan fingerprint density at radius 3 is 2.60 bits per heavy atom. The molecule has 7 heteroatoms. The van der Waals surface area contributed by atoms with Crippen molar-refractivity contribution in [1.82, 2.24) is 4.98 Å². The molecule has 0 aliphatic heterocycles. The molecule has 0 bridgehead atoms. The molecule has 0 radical (unpaired) electrons. The molecular weight excluding hydrogens is 303 g/mol. The third kappa shape index (κ3) is 3.12. The minimum absolute atomic E-state index is 0.195. The van der Waals surface area contributed by atoms with Crippen LogP contribution in [0.1, 0.15) is 20.8 Å². The van der Waals surface area contributed by atoms with Gasteiger partial charge in [0.1, 0.15) is 10.8 Å². The van der Waals surface area contributed by atoms with E-state index >= 15 is 0 Å². The lowest BCUT2D eigenvalue weighted by molar-refractivity contribution is 0.0600. The van der Waals surface area contributed by atoms with E-state index in [1.54, 1.807) is 18.2 Å². The van der Waals surface area contributed by atoms with Gasteiger partial charge in [-0.1, -0.05) is 29.3 Å². The number of benzene rings is 1. The van der Waals surface area contributed by atoms with Crippen molar-refractivity contribution in [3.8, 4) is 0 Å². The molecule has 2 aromatic rings. The quantitative estimate of drug-likeness (QED) is 0.854. The van der Waals surface area contributed by atoms with Gasteiger partial charge in [0.25, 0.3) is 5.91 Å².